The highest BCUT2D eigenvalue weighted by atomic mass is 79.9. The molecule has 7 heteroatoms. The number of benzene rings is 1. The lowest BCUT2D eigenvalue weighted by atomic mass is 10.2. The van der Waals surface area contributed by atoms with Crippen LogP contribution in [0.25, 0.3) is 0 Å². The Balaban J connectivity index is 1.54. The van der Waals surface area contributed by atoms with E-state index in [1.54, 1.807) is 6.20 Å². The van der Waals surface area contributed by atoms with Gasteiger partial charge in [-0.1, -0.05) is 22.0 Å². The number of rotatable bonds is 6. The van der Waals surface area contributed by atoms with Crippen LogP contribution in [0.4, 0.5) is 17.5 Å². The van der Waals surface area contributed by atoms with Crippen LogP contribution < -0.4 is 10.6 Å². The number of halogens is 1. The number of ether oxygens (including phenoxy) is 1. The molecule has 1 aromatic carbocycles. The molecule has 0 unspecified atom stereocenters. The number of aromatic nitrogens is 2. The summed E-state index contributed by atoms with van der Waals surface area (Å²) in [6.07, 6.45) is 1.76. The molecular weight excluding hydrogens is 370 g/mol. The monoisotopic (exact) mass is 391 g/mol. The van der Waals surface area contributed by atoms with E-state index in [0.29, 0.717) is 5.95 Å². The standard InChI is InChI=1S/C17H22BrN5O/c1-13-2-3-14(12-15(13)18)21-16-4-5-19-17(22-16)20-6-7-23-8-10-24-11-9-23/h2-5,12H,6-11H2,1H3,(H2,19,20,21,22). The molecule has 0 spiro atoms. The summed E-state index contributed by atoms with van der Waals surface area (Å²) in [6.45, 7) is 7.48. The molecule has 24 heavy (non-hydrogen) atoms. The largest absolute Gasteiger partial charge is 0.379 e. The summed E-state index contributed by atoms with van der Waals surface area (Å²) in [5.41, 5.74) is 2.19. The lowest BCUT2D eigenvalue weighted by Crippen LogP contribution is -2.39. The van der Waals surface area contributed by atoms with Gasteiger partial charge in [0.25, 0.3) is 0 Å². The Hall–Kier alpha value is -1.70. The zero-order chi connectivity index (χ0) is 16.8. The summed E-state index contributed by atoms with van der Waals surface area (Å²) < 4.78 is 6.43. The third kappa shape index (κ3) is 4.90. The van der Waals surface area contributed by atoms with Crippen LogP contribution in [0.15, 0.2) is 34.9 Å². The van der Waals surface area contributed by atoms with E-state index >= 15 is 0 Å². The topological polar surface area (TPSA) is 62.3 Å². The van der Waals surface area contributed by atoms with Crippen molar-refractivity contribution in [2.24, 2.45) is 0 Å². The van der Waals surface area contributed by atoms with Gasteiger partial charge in [0.1, 0.15) is 5.82 Å². The molecule has 6 nitrogen and oxygen atoms in total. The number of hydrogen-bond donors (Lipinski definition) is 2. The van der Waals surface area contributed by atoms with Gasteiger partial charge in [0.2, 0.25) is 5.95 Å². The van der Waals surface area contributed by atoms with E-state index < -0.39 is 0 Å². The van der Waals surface area contributed by atoms with Gasteiger partial charge in [-0.3, -0.25) is 4.90 Å². The van der Waals surface area contributed by atoms with Crippen LogP contribution in [0, 0.1) is 6.92 Å². The van der Waals surface area contributed by atoms with Gasteiger partial charge in [-0.25, -0.2) is 4.98 Å². The van der Waals surface area contributed by atoms with Crippen LogP contribution >= 0.6 is 15.9 Å². The van der Waals surface area contributed by atoms with Gasteiger partial charge in [-0.05, 0) is 30.7 Å². The van der Waals surface area contributed by atoms with E-state index in [9.17, 15) is 0 Å². The van der Waals surface area contributed by atoms with Crippen LogP contribution in [-0.4, -0.2) is 54.3 Å². The quantitative estimate of drug-likeness (QED) is 0.788. The van der Waals surface area contributed by atoms with Gasteiger partial charge in [0, 0.05) is 42.5 Å². The first-order valence-corrected chi connectivity index (χ1v) is 8.90. The fraction of sp³-hybridized carbons (Fsp3) is 0.412. The van der Waals surface area contributed by atoms with Crippen molar-refractivity contribution in [1.29, 1.82) is 0 Å². The average Bonchev–Trinajstić information content (AvgIpc) is 2.60. The molecule has 1 aliphatic heterocycles. The Kier molecular flexibility index (Phi) is 6.01. The Morgan fingerprint density at radius 3 is 2.88 bits per heavy atom. The van der Waals surface area contributed by atoms with Crippen LogP contribution in [-0.2, 0) is 4.74 Å². The highest BCUT2D eigenvalue weighted by molar-refractivity contribution is 9.10. The van der Waals surface area contributed by atoms with Gasteiger partial charge >= 0.3 is 0 Å². The van der Waals surface area contributed by atoms with Gasteiger partial charge < -0.3 is 15.4 Å². The van der Waals surface area contributed by atoms with E-state index in [4.69, 9.17) is 4.74 Å². The van der Waals surface area contributed by atoms with Crippen molar-refractivity contribution in [2.45, 2.75) is 6.92 Å². The molecule has 1 aliphatic rings. The molecule has 0 bridgehead atoms. The third-order valence-electron chi connectivity index (χ3n) is 3.91. The van der Waals surface area contributed by atoms with Crippen molar-refractivity contribution in [3.05, 3.63) is 40.5 Å². The van der Waals surface area contributed by atoms with Crippen LogP contribution in [0.3, 0.4) is 0 Å². The zero-order valence-electron chi connectivity index (χ0n) is 13.8. The minimum Gasteiger partial charge on any atom is -0.379 e. The Bertz CT molecular complexity index is 676. The molecule has 1 fully saturated rings. The minimum atomic E-state index is 0.638. The fourth-order valence-corrected chi connectivity index (χ4v) is 2.86. The first-order valence-electron chi connectivity index (χ1n) is 8.11. The molecule has 2 N–H and O–H groups in total. The summed E-state index contributed by atoms with van der Waals surface area (Å²) in [5.74, 6) is 1.41. The summed E-state index contributed by atoms with van der Waals surface area (Å²) >= 11 is 3.55. The molecule has 0 radical (unpaired) electrons. The lowest BCUT2D eigenvalue weighted by Gasteiger charge is -2.26. The second-order valence-corrected chi connectivity index (χ2v) is 6.59. The second-order valence-electron chi connectivity index (χ2n) is 5.74. The number of anilines is 3. The molecule has 0 amide bonds. The van der Waals surface area contributed by atoms with E-state index in [2.05, 4.69) is 54.4 Å². The van der Waals surface area contributed by atoms with Gasteiger partial charge in [-0.15, -0.1) is 0 Å². The number of nitrogens with one attached hydrogen (secondary N) is 2. The fourth-order valence-electron chi connectivity index (χ4n) is 2.48. The van der Waals surface area contributed by atoms with Crippen LogP contribution in [0.5, 0.6) is 0 Å². The number of aryl methyl sites for hydroxylation is 1. The highest BCUT2D eigenvalue weighted by Gasteiger charge is 2.09. The Morgan fingerprint density at radius 2 is 2.08 bits per heavy atom. The van der Waals surface area contributed by atoms with Crippen molar-refractivity contribution in [3.8, 4) is 0 Å². The molecule has 2 heterocycles. The lowest BCUT2D eigenvalue weighted by molar-refractivity contribution is 0.0398. The highest BCUT2D eigenvalue weighted by Crippen LogP contribution is 2.23. The Morgan fingerprint density at radius 1 is 1.25 bits per heavy atom. The smallest absolute Gasteiger partial charge is 0.224 e. The second kappa shape index (κ2) is 8.41. The molecule has 1 saturated heterocycles. The van der Waals surface area contributed by atoms with Gasteiger partial charge in [0.15, 0.2) is 0 Å². The molecule has 3 rings (SSSR count). The predicted molar refractivity (Wildman–Crippen MR) is 99.9 cm³/mol. The number of morpholine rings is 1. The normalized spacial score (nSPS) is 15.2. The summed E-state index contributed by atoms with van der Waals surface area (Å²) in [7, 11) is 0. The summed E-state index contributed by atoms with van der Waals surface area (Å²) in [4.78, 5) is 11.2. The Labute approximate surface area is 150 Å². The predicted octanol–water partition coefficient (Wildman–Crippen LogP) is 3.04. The summed E-state index contributed by atoms with van der Waals surface area (Å²) in [6, 6.07) is 8.01. The first-order chi connectivity index (χ1) is 11.7. The maximum Gasteiger partial charge on any atom is 0.224 e. The number of nitrogens with zero attached hydrogens (tertiary/aromatic N) is 3. The SMILES string of the molecule is Cc1ccc(Nc2ccnc(NCCN3CCOCC3)n2)cc1Br. The van der Waals surface area contributed by atoms with Gasteiger partial charge in [-0.2, -0.15) is 4.98 Å². The van der Waals surface area contributed by atoms with E-state index in [1.807, 2.05) is 18.2 Å². The van der Waals surface area contributed by atoms with Crippen LogP contribution in [0.1, 0.15) is 5.56 Å². The first kappa shape index (κ1) is 17.1. The van der Waals surface area contributed by atoms with E-state index in [1.165, 1.54) is 5.56 Å². The van der Waals surface area contributed by atoms with Gasteiger partial charge in [0.05, 0.1) is 13.2 Å². The minimum absolute atomic E-state index is 0.638. The maximum atomic E-state index is 5.35. The average molecular weight is 392 g/mol. The molecule has 0 saturated carbocycles. The number of hydrogen-bond acceptors (Lipinski definition) is 6. The van der Waals surface area contributed by atoms with E-state index in [0.717, 1.165) is 55.4 Å². The van der Waals surface area contributed by atoms with Crippen LogP contribution in [0.2, 0.25) is 0 Å². The molecule has 0 atom stereocenters. The van der Waals surface area contributed by atoms with Crippen molar-refractivity contribution in [2.75, 3.05) is 50.0 Å². The van der Waals surface area contributed by atoms with E-state index in [-0.39, 0.29) is 0 Å². The van der Waals surface area contributed by atoms with Crippen molar-refractivity contribution >= 4 is 33.4 Å². The molecule has 1 aromatic heterocycles. The maximum absolute atomic E-state index is 5.35. The molecule has 128 valence electrons. The zero-order valence-corrected chi connectivity index (χ0v) is 15.3. The molecular formula is C17H22BrN5O. The molecule has 2 aromatic rings. The van der Waals surface area contributed by atoms with Crippen molar-refractivity contribution in [3.63, 3.8) is 0 Å². The molecule has 0 aliphatic carbocycles. The summed E-state index contributed by atoms with van der Waals surface area (Å²) in [5, 5.41) is 6.59. The van der Waals surface area contributed by atoms with Crippen molar-refractivity contribution < 1.29 is 4.74 Å². The third-order valence-corrected chi connectivity index (χ3v) is 4.77. The van der Waals surface area contributed by atoms with Crippen molar-refractivity contribution in [1.82, 2.24) is 14.9 Å².